The van der Waals surface area contributed by atoms with E-state index in [2.05, 4.69) is 4.18 Å². The van der Waals surface area contributed by atoms with Gasteiger partial charge in [-0.3, -0.25) is 0 Å². The topological polar surface area (TPSA) is 56.5 Å². The predicted octanol–water partition coefficient (Wildman–Crippen LogP) is 4.08. The summed E-state index contributed by atoms with van der Waals surface area (Å²) in [5.74, 6) is -0.865. The molecule has 0 fully saturated rings. The van der Waals surface area contributed by atoms with Crippen LogP contribution in [0.25, 0.3) is 17.0 Å². The second-order valence-electron chi connectivity index (χ2n) is 4.69. The van der Waals surface area contributed by atoms with Gasteiger partial charge in [-0.15, -0.1) is 0 Å². The Balaban J connectivity index is 2.16. The van der Waals surface area contributed by atoms with Crippen LogP contribution in [0, 0.1) is 0 Å². The van der Waals surface area contributed by atoms with Crippen LogP contribution in [0.3, 0.4) is 0 Å². The van der Waals surface area contributed by atoms with Gasteiger partial charge in [0, 0.05) is 17.4 Å². The maximum absolute atomic E-state index is 13.5. The van der Waals surface area contributed by atoms with Gasteiger partial charge in [-0.1, -0.05) is 18.2 Å². The highest BCUT2D eigenvalue weighted by Gasteiger charge is 2.49. The van der Waals surface area contributed by atoms with Crippen molar-refractivity contribution < 1.29 is 34.6 Å². The van der Waals surface area contributed by atoms with Gasteiger partial charge in [-0.2, -0.15) is 21.6 Å². The molecule has 0 spiro atoms. The molecule has 0 N–H and O–H groups in total. The molecule has 23 heavy (non-hydrogen) atoms. The maximum Gasteiger partial charge on any atom is 0.534 e. The van der Waals surface area contributed by atoms with Gasteiger partial charge >= 0.3 is 15.6 Å². The highest BCUT2D eigenvalue weighted by Crippen LogP contribution is 2.37. The minimum absolute atomic E-state index is 0.190. The summed E-state index contributed by atoms with van der Waals surface area (Å²) < 4.78 is 82.6. The SMILES string of the molecule is O=S(=O)(Oc1cccc2c3c(oc12)CC=CC(F)=C3)C(F)(F)F. The van der Waals surface area contributed by atoms with E-state index < -0.39 is 27.2 Å². The number of para-hydroxylation sites is 1. The molecule has 9 heteroatoms. The third-order valence-corrected chi connectivity index (χ3v) is 4.11. The van der Waals surface area contributed by atoms with Crippen molar-refractivity contribution in [3.05, 3.63) is 47.5 Å². The van der Waals surface area contributed by atoms with Gasteiger partial charge in [-0.25, -0.2) is 4.39 Å². The molecule has 0 saturated heterocycles. The molecule has 1 aliphatic carbocycles. The first-order valence-electron chi connectivity index (χ1n) is 6.28. The molecule has 0 radical (unpaired) electrons. The van der Waals surface area contributed by atoms with E-state index in [0.29, 0.717) is 11.3 Å². The van der Waals surface area contributed by atoms with E-state index in [1.54, 1.807) is 0 Å². The molecular formula is C14H8F4O4S. The van der Waals surface area contributed by atoms with Crippen LogP contribution in [0.15, 0.2) is 40.6 Å². The van der Waals surface area contributed by atoms with E-state index in [4.69, 9.17) is 4.42 Å². The molecule has 1 aromatic carbocycles. The third kappa shape index (κ3) is 2.72. The summed E-state index contributed by atoms with van der Waals surface area (Å²) in [7, 11) is -5.83. The second kappa shape index (κ2) is 5.12. The van der Waals surface area contributed by atoms with E-state index in [1.807, 2.05) is 0 Å². The van der Waals surface area contributed by atoms with Crippen molar-refractivity contribution in [3.63, 3.8) is 0 Å². The highest BCUT2D eigenvalue weighted by molar-refractivity contribution is 7.88. The van der Waals surface area contributed by atoms with Crippen molar-refractivity contribution in [2.24, 2.45) is 0 Å². The number of alkyl halides is 3. The Morgan fingerprint density at radius 1 is 1.22 bits per heavy atom. The van der Waals surface area contributed by atoms with Crippen molar-refractivity contribution in [2.45, 2.75) is 11.9 Å². The van der Waals surface area contributed by atoms with Gasteiger partial charge in [0.25, 0.3) is 0 Å². The molecule has 1 heterocycles. The monoisotopic (exact) mass is 348 g/mol. The Morgan fingerprint density at radius 2 is 1.96 bits per heavy atom. The van der Waals surface area contributed by atoms with E-state index in [-0.39, 0.29) is 17.4 Å². The van der Waals surface area contributed by atoms with Gasteiger partial charge in [0.2, 0.25) is 0 Å². The first-order chi connectivity index (χ1) is 10.7. The first-order valence-corrected chi connectivity index (χ1v) is 7.69. The molecule has 122 valence electrons. The molecule has 3 rings (SSSR count). The fourth-order valence-electron chi connectivity index (χ4n) is 2.17. The zero-order valence-electron chi connectivity index (χ0n) is 11.2. The summed E-state index contributed by atoms with van der Waals surface area (Å²) in [6, 6.07) is 3.80. The summed E-state index contributed by atoms with van der Waals surface area (Å²) in [5.41, 5.74) is -5.42. The number of allylic oxidation sites excluding steroid dienone is 3. The first kappa shape index (κ1) is 15.6. The Bertz CT molecular complexity index is 936. The van der Waals surface area contributed by atoms with Crippen LogP contribution >= 0.6 is 0 Å². The molecule has 0 aliphatic heterocycles. The fourth-order valence-corrected chi connectivity index (χ4v) is 2.63. The minimum atomic E-state index is -5.83. The van der Waals surface area contributed by atoms with Crippen molar-refractivity contribution >= 4 is 27.2 Å². The van der Waals surface area contributed by atoms with Crippen molar-refractivity contribution in [1.82, 2.24) is 0 Å². The summed E-state index contributed by atoms with van der Waals surface area (Å²) in [4.78, 5) is 0. The third-order valence-electron chi connectivity index (χ3n) is 3.14. The van der Waals surface area contributed by atoms with Crippen LogP contribution < -0.4 is 4.18 Å². The molecule has 0 bridgehead atoms. The predicted molar refractivity (Wildman–Crippen MR) is 73.7 cm³/mol. The lowest BCUT2D eigenvalue weighted by atomic mass is 10.1. The molecule has 0 atom stereocenters. The lowest BCUT2D eigenvalue weighted by Gasteiger charge is -2.09. The van der Waals surface area contributed by atoms with Crippen LogP contribution in [0.2, 0.25) is 0 Å². The van der Waals surface area contributed by atoms with Gasteiger partial charge in [0.15, 0.2) is 11.3 Å². The van der Waals surface area contributed by atoms with Crippen molar-refractivity contribution in [3.8, 4) is 5.75 Å². The number of halogens is 4. The summed E-state index contributed by atoms with van der Waals surface area (Å²) >= 11 is 0. The zero-order valence-corrected chi connectivity index (χ0v) is 12.0. The van der Waals surface area contributed by atoms with Crippen LogP contribution in [-0.2, 0) is 16.5 Å². The summed E-state index contributed by atoms with van der Waals surface area (Å²) in [5, 5.41) is 0.258. The largest absolute Gasteiger partial charge is 0.534 e. The molecule has 0 unspecified atom stereocenters. The Kier molecular flexibility index (Phi) is 3.47. The van der Waals surface area contributed by atoms with Gasteiger partial charge in [-0.05, 0) is 18.2 Å². The minimum Gasteiger partial charge on any atom is -0.456 e. The number of furan rings is 1. The van der Waals surface area contributed by atoms with Crippen LogP contribution in [-0.4, -0.2) is 13.9 Å². The van der Waals surface area contributed by atoms with Crippen LogP contribution in [0.1, 0.15) is 11.3 Å². The van der Waals surface area contributed by atoms with Crippen molar-refractivity contribution in [1.29, 1.82) is 0 Å². The maximum atomic E-state index is 13.5. The summed E-state index contributed by atoms with van der Waals surface area (Å²) in [6.07, 6.45) is 4.08. The quantitative estimate of drug-likeness (QED) is 0.466. The standard InChI is InChI=1S/C14H8F4O4S/c15-8-3-1-5-11-10(7-8)9-4-2-6-12(13(9)21-11)22-23(19,20)14(16,17)18/h1-4,6-7H,5H2. The molecule has 0 amide bonds. The number of hydrogen-bond donors (Lipinski definition) is 0. The average molecular weight is 348 g/mol. The lowest BCUT2D eigenvalue weighted by molar-refractivity contribution is -0.0499. The molecule has 0 saturated carbocycles. The van der Waals surface area contributed by atoms with Gasteiger partial charge in [0.05, 0.1) is 0 Å². The number of rotatable bonds is 2. The van der Waals surface area contributed by atoms with E-state index in [9.17, 15) is 26.0 Å². The van der Waals surface area contributed by atoms with Gasteiger partial charge in [0.1, 0.15) is 11.6 Å². The van der Waals surface area contributed by atoms with E-state index in [1.165, 1.54) is 24.3 Å². The number of benzene rings is 1. The smallest absolute Gasteiger partial charge is 0.456 e. The highest BCUT2D eigenvalue weighted by atomic mass is 32.2. The van der Waals surface area contributed by atoms with E-state index >= 15 is 0 Å². The van der Waals surface area contributed by atoms with Crippen molar-refractivity contribution in [2.75, 3.05) is 0 Å². The van der Waals surface area contributed by atoms with Crippen LogP contribution in [0.5, 0.6) is 5.75 Å². The Morgan fingerprint density at radius 3 is 2.65 bits per heavy atom. The number of hydrogen-bond acceptors (Lipinski definition) is 4. The second-order valence-corrected chi connectivity index (χ2v) is 6.23. The molecule has 2 aromatic rings. The Labute approximate surface area is 127 Å². The van der Waals surface area contributed by atoms with E-state index in [0.717, 1.165) is 12.1 Å². The average Bonchev–Trinajstić information content (AvgIpc) is 2.66. The number of fused-ring (bicyclic) bond motifs is 3. The normalized spacial score (nSPS) is 15.2. The molecular weight excluding hydrogens is 340 g/mol. The molecule has 1 aliphatic rings. The lowest BCUT2D eigenvalue weighted by Crippen LogP contribution is -2.28. The Hall–Kier alpha value is -2.29. The fraction of sp³-hybridized carbons (Fsp3) is 0.143. The summed E-state index contributed by atoms with van der Waals surface area (Å²) in [6.45, 7) is 0. The van der Waals surface area contributed by atoms with Crippen LogP contribution in [0.4, 0.5) is 17.6 Å². The molecule has 1 aromatic heterocycles. The van der Waals surface area contributed by atoms with Gasteiger partial charge < -0.3 is 8.60 Å². The zero-order chi connectivity index (χ0) is 16.8. The molecule has 4 nitrogen and oxygen atoms in total.